The van der Waals surface area contributed by atoms with Crippen molar-refractivity contribution in [1.29, 1.82) is 0 Å². The summed E-state index contributed by atoms with van der Waals surface area (Å²) in [7, 11) is 0. The Hall–Kier alpha value is -2.30. The number of aromatic amines is 1. The number of aliphatic carboxylic acids is 1. The summed E-state index contributed by atoms with van der Waals surface area (Å²) in [6.45, 7) is 1.12. The number of hydrogen-bond acceptors (Lipinski definition) is 2. The van der Waals surface area contributed by atoms with E-state index in [0.29, 0.717) is 38.8 Å². The minimum atomic E-state index is -0.745. The van der Waals surface area contributed by atoms with Crippen molar-refractivity contribution in [3.05, 3.63) is 36.0 Å². The number of hydrogen-bond donors (Lipinski definition) is 2. The van der Waals surface area contributed by atoms with E-state index in [4.69, 9.17) is 5.11 Å². The van der Waals surface area contributed by atoms with Gasteiger partial charge in [-0.05, 0) is 30.9 Å². The molecule has 22 heavy (non-hydrogen) atoms. The van der Waals surface area contributed by atoms with Crippen molar-refractivity contribution < 1.29 is 14.7 Å². The summed E-state index contributed by atoms with van der Waals surface area (Å²) in [6, 6.07) is 8.07. The van der Waals surface area contributed by atoms with E-state index < -0.39 is 5.97 Å². The van der Waals surface area contributed by atoms with Crippen LogP contribution in [0.2, 0.25) is 0 Å². The van der Waals surface area contributed by atoms with Gasteiger partial charge in [0.05, 0.1) is 5.92 Å². The van der Waals surface area contributed by atoms with E-state index in [1.807, 2.05) is 24.4 Å². The predicted molar refractivity (Wildman–Crippen MR) is 83.6 cm³/mol. The molecule has 2 aromatic rings. The molecule has 1 aromatic heterocycles. The third-order valence-electron chi connectivity index (χ3n) is 4.48. The van der Waals surface area contributed by atoms with Crippen LogP contribution in [0.4, 0.5) is 0 Å². The molecule has 3 rings (SSSR count). The number of nitrogens with one attached hydrogen (secondary N) is 1. The predicted octanol–water partition coefficient (Wildman–Crippen LogP) is 2.42. The number of nitrogens with zero attached hydrogens (tertiary/aromatic N) is 1. The van der Waals surface area contributed by atoms with Crippen LogP contribution in [0.3, 0.4) is 0 Å². The Bertz CT molecular complexity index is 684. The molecule has 0 radical (unpaired) electrons. The van der Waals surface area contributed by atoms with E-state index in [9.17, 15) is 9.59 Å². The fourth-order valence-corrected chi connectivity index (χ4v) is 3.11. The number of carbonyl (C=O) groups excluding carboxylic acids is 1. The molecule has 0 spiro atoms. The van der Waals surface area contributed by atoms with Crippen molar-refractivity contribution in [2.75, 3.05) is 13.1 Å². The highest BCUT2D eigenvalue weighted by atomic mass is 16.4. The van der Waals surface area contributed by atoms with E-state index in [0.717, 1.165) is 11.1 Å². The van der Waals surface area contributed by atoms with Gasteiger partial charge in [0, 0.05) is 36.6 Å². The van der Waals surface area contributed by atoms with Crippen molar-refractivity contribution in [1.82, 2.24) is 9.88 Å². The Morgan fingerprint density at radius 2 is 1.95 bits per heavy atom. The summed E-state index contributed by atoms with van der Waals surface area (Å²) in [6.07, 6.45) is 4.28. The topological polar surface area (TPSA) is 73.4 Å². The van der Waals surface area contributed by atoms with E-state index in [1.54, 1.807) is 4.90 Å². The molecule has 2 N–H and O–H groups in total. The van der Waals surface area contributed by atoms with E-state index >= 15 is 0 Å². The van der Waals surface area contributed by atoms with E-state index in [1.165, 1.54) is 5.39 Å². The minimum absolute atomic E-state index is 0.120. The third-order valence-corrected chi connectivity index (χ3v) is 4.48. The lowest BCUT2D eigenvalue weighted by molar-refractivity contribution is -0.145. The molecule has 5 heteroatoms. The summed E-state index contributed by atoms with van der Waals surface area (Å²) < 4.78 is 0. The molecule has 2 heterocycles. The Balaban J connectivity index is 1.56. The molecule has 0 atom stereocenters. The number of rotatable bonds is 4. The summed E-state index contributed by atoms with van der Waals surface area (Å²) in [5.74, 6) is -0.919. The maximum Gasteiger partial charge on any atom is 0.306 e. The van der Waals surface area contributed by atoms with Gasteiger partial charge in [0.2, 0.25) is 5.91 Å². The average molecular weight is 300 g/mol. The molecule has 1 aromatic carbocycles. The van der Waals surface area contributed by atoms with Crippen molar-refractivity contribution in [3.8, 4) is 0 Å². The number of amides is 1. The van der Waals surface area contributed by atoms with Gasteiger partial charge in [0.15, 0.2) is 0 Å². The van der Waals surface area contributed by atoms with Crippen LogP contribution in [0.15, 0.2) is 30.5 Å². The quantitative estimate of drug-likeness (QED) is 0.910. The maximum atomic E-state index is 12.3. The van der Waals surface area contributed by atoms with Crippen LogP contribution >= 0.6 is 0 Å². The zero-order chi connectivity index (χ0) is 15.5. The Labute approximate surface area is 128 Å². The molecule has 1 aliphatic rings. The molecular weight excluding hydrogens is 280 g/mol. The molecule has 0 saturated carbocycles. The van der Waals surface area contributed by atoms with Crippen molar-refractivity contribution in [2.24, 2.45) is 5.92 Å². The molecule has 0 bridgehead atoms. The fraction of sp³-hybridized carbons (Fsp3) is 0.412. The van der Waals surface area contributed by atoms with Crippen LogP contribution in [0.5, 0.6) is 0 Å². The van der Waals surface area contributed by atoms with Crippen LogP contribution in [-0.2, 0) is 16.0 Å². The van der Waals surface area contributed by atoms with Gasteiger partial charge in [-0.25, -0.2) is 0 Å². The summed E-state index contributed by atoms with van der Waals surface area (Å²) >= 11 is 0. The Morgan fingerprint density at radius 1 is 1.23 bits per heavy atom. The first kappa shape index (κ1) is 14.6. The number of carbonyl (C=O) groups is 2. The molecule has 0 aliphatic carbocycles. The number of aryl methyl sites for hydroxylation is 1. The van der Waals surface area contributed by atoms with Gasteiger partial charge in [0.1, 0.15) is 0 Å². The average Bonchev–Trinajstić information content (AvgIpc) is 2.96. The largest absolute Gasteiger partial charge is 0.481 e. The van der Waals surface area contributed by atoms with Gasteiger partial charge >= 0.3 is 5.97 Å². The molecule has 1 aliphatic heterocycles. The molecular formula is C17H20N2O3. The van der Waals surface area contributed by atoms with Crippen LogP contribution in [0.1, 0.15) is 24.8 Å². The van der Waals surface area contributed by atoms with Crippen molar-refractivity contribution in [3.63, 3.8) is 0 Å². The lowest BCUT2D eigenvalue weighted by atomic mass is 9.96. The standard InChI is InChI=1S/C17H20N2O3/c20-16(19-9-7-12(8-10-19)17(21)22)6-5-13-11-18-15-4-2-1-3-14(13)15/h1-4,11-12,18H,5-10H2,(H,21,22). The van der Waals surface area contributed by atoms with E-state index in [-0.39, 0.29) is 11.8 Å². The molecule has 0 unspecified atom stereocenters. The Kier molecular flexibility index (Phi) is 4.13. The number of likely N-dealkylation sites (tertiary alicyclic amines) is 1. The first-order valence-corrected chi connectivity index (χ1v) is 7.70. The lowest BCUT2D eigenvalue weighted by Gasteiger charge is -2.30. The van der Waals surface area contributed by atoms with Gasteiger partial charge in [0.25, 0.3) is 0 Å². The number of H-pyrrole nitrogens is 1. The summed E-state index contributed by atoms with van der Waals surface area (Å²) in [5, 5.41) is 10.2. The van der Waals surface area contributed by atoms with Gasteiger partial charge in [-0.2, -0.15) is 0 Å². The second-order valence-electron chi connectivity index (χ2n) is 5.85. The zero-order valence-electron chi connectivity index (χ0n) is 12.4. The van der Waals surface area contributed by atoms with E-state index in [2.05, 4.69) is 11.1 Å². The highest BCUT2D eigenvalue weighted by Crippen LogP contribution is 2.21. The monoisotopic (exact) mass is 300 g/mol. The first-order chi connectivity index (χ1) is 10.6. The molecule has 116 valence electrons. The van der Waals surface area contributed by atoms with Gasteiger partial charge in [-0.15, -0.1) is 0 Å². The van der Waals surface area contributed by atoms with Crippen molar-refractivity contribution >= 4 is 22.8 Å². The summed E-state index contributed by atoms with van der Waals surface area (Å²) in [5.41, 5.74) is 2.25. The lowest BCUT2D eigenvalue weighted by Crippen LogP contribution is -2.40. The molecule has 5 nitrogen and oxygen atoms in total. The third kappa shape index (κ3) is 2.98. The van der Waals surface area contributed by atoms with Crippen molar-refractivity contribution in [2.45, 2.75) is 25.7 Å². The van der Waals surface area contributed by atoms with Crippen LogP contribution < -0.4 is 0 Å². The number of fused-ring (bicyclic) bond motifs is 1. The smallest absolute Gasteiger partial charge is 0.306 e. The fourth-order valence-electron chi connectivity index (χ4n) is 3.11. The van der Waals surface area contributed by atoms with Gasteiger partial charge in [-0.1, -0.05) is 18.2 Å². The van der Waals surface area contributed by atoms with Gasteiger partial charge < -0.3 is 15.0 Å². The molecule has 1 amide bonds. The second kappa shape index (κ2) is 6.22. The molecule has 1 saturated heterocycles. The minimum Gasteiger partial charge on any atom is -0.481 e. The van der Waals surface area contributed by atoms with Crippen LogP contribution in [0, 0.1) is 5.92 Å². The number of carboxylic acids is 1. The van der Waals surface area contributed by atoms with Crippen LogP contribution in [-0.4, -0.2) is 40.0 Å². The number of aromatic nitrogens is 1. The number of benzene rings is 1. The van der Waals surface area contributed by atoms with Gasteiger partial charge in [-0.3, -0.25) is 9.59 Å². The number of carboxylic acid groups (broad SMARTS) is 1. The number of piperidine rings is 1. The highest BCUT2D eigenvalue weighted by Gasteiger charge is 2.26. The summed E-state index contributed by atoms with van der Waals surface area (Å²) in [4.78, 5) is 28.2. The Morgan fingerprint density at radius 3 is 2.68 bits per heavy atom. The molecule has 1 fully saturated rings. The van der Waals surface area contributed by atoms with Crippen LogP contribution in [0.25, 0.3) is 10.9 Å². The SMILES string of the molecule is O=C(O)C1CCN(C(=O)CCc2c[nH]c3ccccc23)CC1. The normalized spacial score (nSPS) is 16.1. The first-order valence-electron chi connectivity index (χ1n) is 7.70. The second-order valence-corrected chi connectivity index (χ2v) is 5.85. The highest BCUT2D eigenvalue weighted by molar-refractivity contribution is 5.84. The zero-order valence-corrected chi connectivity index (χ0v) is 12.4. The maximum absolute atomic E-state index is 12.3. The number of para-hydroxylation sites is 1.